The van der Waals surface area contributed by atoms with Gasteiger partial charge in [0.2, 0.25) is 0 Å². The lowest BCUT2D eigenvalue weighted by atomic mass is 10.3. The summed E-state index contributed by atoms with van der Waals surface area (Å²) in [5, 5.41) is 4.72. The van der Waals surface area contributed by atoms with Gasteiger partial charge in [-0.15, -0.1) is 0 Å². The highest BCUT2D eigenvalue weighted by molar-refractivity contribution is 6.93. The van der Waals surface area contributed by atoms with Crippen LogP contribution in [0.5, 0.6) is 0 Å². The Bertz CT molecular complexity index is 555. The van der Waals surface area contributed by atoms with Gasteiger partial charge in [0.1, 0.15) is 8.80 Å². The van der Waals surface area contributed by atoms with Crippen LogP contribution in [0.2, 0.25) is 19.6 Å². The van der Waals surface area contributed by atoms with Crippen LogP contribution in [0.4, 0.5) is 0 Å². The Labute approximate surface area is 138 Å². The molecule has 0 fully saturated rings. The molecule has 0 bridgehead atoms. The molecule has 0 aromatic heterocycles. The molecule has 2 aromatic carbocycles. The van der Waals surface area contributed by atoms with Crippen LogP contribution in [0.3, 0.4) is 0 Å². The fourth-order valence-electron chi connectivity index (χ4n) is 2.81. The summed E-state index contributed by atoms with van der Waals surface area (Å²) in [6.07, 6.45) is 2.45. The first kappa shape index (κ1) is 17.0. The van der Waals surface area contributed by atoms with Crippen LogP contribution < -0.4 is 10.4 Å². The molecule has 0 unspecified atom stereocenters. The Hall–Kier alpha value is -1.39. The van der Waals surface area contributed by atoms with E-state index in [0.717, 1.165) is 0 Å². The molecular weight excluding hydrogens is 296 g/mol. The van der Waals surface area contributed by atoms with Crippen molar-refractivity contribution >= 4 is 27.2 Å². The third-order valence-electron chi connectivity index (χ3n) is 3.57. The maximum Gasteiger partial charge on any atom is 0.149 e. The zero-order valence-corrected chi connectivity index (χ0v) is 16.3. The van der Waals surface area contributed by atoms with Crippen LogP contribution in [-0.2, 0) is 0 Å². The van der Waals surface area contributed by atoms with Crippen LogP contribution in [-0.4, -0.2) is 16.9 Å². The van der Waals surface area contributed by atoms with E-state index >= 15 is 0 Å². The van der Waals surface area contributed by atoms with Crippen molar-refractivity contribution in [3.05, 3.63) is 71.6 Å². The van der Waals surface area contributed by atoms with Gasteiger partial charge in [-0.25, -0.2) is 0 Å². The second-order valence-corrected chi connectivity index (χ2v) is 14.5. The van der Waals surface area contributed by atoms with Crippen molar-refractivity contribution in [3.8, 4) is 0 Å². The predicted octanol–water partition coefficient (Wildman–Crippen LogP) is 4.44. The van der Waals surface area contributed by atoms with Gasteiger partial charge in [-0.3, -0.25) is 0 Å². The van der Waals surface area contributed by atoms with Gasteiger partial charge in [0, 0.05) is 0 Å². The number of hydrogen-bond acceptors (Lipinski definition) is 0. The first-order chi connectivity index (χ1) is 10.5. The number of rotatable bonds is 6. The molecule has 22 heavy (non-hydrogen) atoms. The molecule has 0 aliphatic heterocycles. The zero-order valence-electron chi connectivity index (χ0n) is 14.3. The van der Waals surface area contributed by atoms with E-state index in [1.807, 2.05) is 0 Å². The molecule has 115 valence electrons. The second kappa shape index (κ2) is 7.75. The summed E-state index contributed by atoms with van der Waals surface area (Å²) >= 11 is 0. The normalized spacial score (nSPS) is 12.7. The first-order valence-electron chi connectivity index (χ1n) is 8.21. The molecule has 0 aliphatic carbocycles. The minimum Gasteiger partial charge on any atom is -0.0990 e. The molecule has 2 heteroatoms. The highest BCUT2D eigenvalue weighted by Crippen LogP contribution is 2.15. The molecule has 0 atom stereocenters. The maximum absolute atomic E-state index is 2.66. The van der Waals surface area contributed by atoms with Crippen molar-refractivity contribution in [2.75, 3.05) is 0 Å². The van der Waals surface area contributed by atoms with Gasteiger partial charge in [-0.1, -0.05) is 115 Å². The van der Waals surface area contributed by atoms with Crippen molar-refractivity contribution in [1.29, 1.82) is 0 Å². The van der Waals surface area contributed by atoms with E-state index < -0.39 is 16.9 Å². The van der Waals surface area contributed by atoms with Gasteiger partial charge in [0.25, 0.3) is 0 Å². The average molecular weight is 324 g/mol. The largest absolute Gasteiger partial charge is 0.149 e. The summed E-state index contributed by atoms with van der Waals surface area (Å²) in [6, 6.07) is 22.2. The zero-order chi connectivity index (χ0) is 16.0. The van der Waals surface area contributed by atoms with Gasteiger partial charge in [-0.2, -0.15) is 0 Å². The Morgan fingerprint density at radius 1 is 0.864 bits per heavy atom. The molecular formula is C20H27Si2. The number of benzene rings is 2. The Morgan fingerprint density at radius 3 is 1.68 bits per heavy atom. The minimum absolute atomic E-state index is 0.838. The van der Waals surface area contributed by atoms with Gasteiger partial charge < -0.3 is 0 Å². The smallest absolute Gasteiger partial charge is 0.0990 e. The lowest BCUT2D eigenvalue weighted by Crippen LogP contribution is -2.45. The van der Waals surface area contributed by atoms with E-state index in [9.17, 15) is 0 Å². The predicted molar refractivity (Wildman–Crippen MR) is 104 cm³/mol. The van der Waals surface area contributed by atoms with E-state index in [-0.39, 0.29) is 0 Å². The summed E-state index contributed by atoms with van der Waals surface area (Å²) in [4.78, 5) is 0. The second-order valence-electron chi connectivity index (χ2n) is 6.89. The Morgan fingerprint density at radius 2 is 1.32 bits per heavy atom. The summed E-state index contributed by atoms with van der Waals surface area (Å²) in [5.41, 5.74) is 2.66. The monoisotopic (exact) mass is 323 g/mol. The van der Waals surface area contributed by atoms with Crippen molar-refractivity contribution in [2.24, 2.45) is 0 Å². The molecule has 1 radical (unpaired) electrons. The van der Waals surface area contributed by atoms with Crippen LogP contribution in [0.1, 0.15) is 19.8 Å². The highest BCUT2D eigenvalue weighted by atomic mass is 28.3. The lowest BCUT2D eigenvalue weighted by Gasteiger charge is -2.23. The van der Waals surface area contributed by atoms with Gasteiger partial charge in [0.15, 0.2) is 0 Å². The van der Waals surface area contributed by atoms with E-state index in [4.69, 9.17) is 0 Å². The fraction of sp³-hybridized carbons (Fsp3) is 0.300. The molecule has 0 aliphatic rings. The Kier molecular flexibility index (Phi) is 5.98. The molecule has 0 saturated carbocycles. The van der Waals surface area contributed by atoms with Crippen LogP contribution in [0.15, 0.2) is 71.6 Å². The topological polar surface area (TPSA) is 0 Å². The highest BCUT2D eigenvalue weighted by Gasteiger charge is 2.23. The van der Waals surface area contributed by atoms with Crippen molar-refractivity contribution in [1.82, 2.24) is 0 Å². The molecule has 0 spiro atoms. The first-order valence-corrected chi connectivity index (χ1v) is 13.3. The van der Waals surface area contributed by atoms with E-state index in [1.165, 1.54) is 23.2 Å². The molecule has 0 nitrogen and oxygen atoms in total. The van der Waals surface area contributed by atoms with Crippen molar-refractivity contribution in [3.63, 3.8) is 0 Å². The quantitative estimate of drug-likeness (QED) is 0.690. The average Bonchev–Trinajstić information content (AvgIpc) is 2.48. The summed E-state index contributed by atoms with van der Waals surface area (Å²) < 4.78 is 0. The van der Waals surface area contributed by atoms with Crippen LogP contribution >= 0.6 is 0 Å². The maximum atomic E-state index is 2.66. The summed E-state index contributed by atoms with van der Waals surface area (Å²) in [6.45, 7) is 9.63. The van der Waals surface area contributed by atoms with Crippen LogP contribution in [0, 0.1) is 0 Å². The van der Waals surface area contributed by atoms with E-state index in [2.05, 4.69) is 92.9 Å². The molecule has 2 aromatic rings. The third kappa shape index (κ3) is 4.82. The minimum atomic E-state index is -1.22. The van der Waals surface area contributed by atoms with Gasteiger partial charge in [-0.05, 0) is 6.42 Å². The van der Waals surface area contributed by atoms with Gasteiger partial charge >= 0.3 is 0 Å². The standard InChI is InChI=1S/C20H27Si2/c1-5-12-20(17-22(2,3)4)21(18-13-8-6-9-14-18)19-15-10-7-11-16-19/h6-11,13-17H,5,12H2,1-4H3/b20-17+. The summed E-state index contributed by atoms with van der Waals surface area (Å²) in [5.74, 6) is 0. The molecule has 2 rings (SSSR count). The van der Waals surface area contributed by atoms with Crippen molar-refractivity contribution in [2.45, 2.75) is 39.4 Å². The van der Waals surface area contributed by atoms with Gasteiger partial charge in [0.05, 0.1) is 8.07 Å². The van der Waals surface area contributed by atoms with E-state index in [0.29, 0.717) is 0 Å². The number of hydrogen-bond donors (Lipinski definition) is 0. The van der Waals surface area contributed by atoms with Crippen molar-refractivity contribution < 1.29 is 0 Å². The van der Waals surface area contributed by atoms with Crippen LogP contribution in [0.25, 0.3) is 0 Å². The Balaban J connectivity index is 2.54. The molecule has 0 heterocycles. The summed E-state index contributed by atoms with van der Waals surface area (Å²) in [7, 11) is -2.06. The molecule has 0 N–H and O–H groups in total. The third-order valence-corrected chi connectivity index (χ3v) is 7.93. The van der Waals surface area contributed by atoms with E-state index in [1.54, 1.807) is 5.20 Å². The number of allylic oxidation sites excluding steroid dienone is 1. The lowest BCUT2D eigenvalue weighted by molar-refractivity contribution is 0.942. The fourth-order valence-corrected chi connectivity index (χ4v) is 8.50. The SMILES string of the molecule is CCC/C(=C\[Si](C)(C)C)[Si](c1ccccc1)c1ccccc1. The molecule has 0 amide bonds. The molecule has 0 saturated heterocycles.